The molecular formula is C18H21N3S. The Labute approximate surface area is 136 Å². The van der Waals surface area contributed by atoms with Crippen LogP contribution in [-0.4, -0.2) is 25.3 Å². The molecule has 1 aliphatic heterocycles. The molecule has 1 unspecified atom stereocenters. The van der Waals surface area contributed by atoms with Gasteiger partial charge in [0.1, 0.15) is 0 Å². The van der Waals surface area contributed by atoms with Gasteiger partial charge in [0, 0.05) is 29.4 Å². The van der Waals surface area contributed by atoms with E-state index in [-0.39, 0.29) is 6.04 Å². The predicted octanol–water partition coefficient (Wildman–Crippen LogP) is 4.94. The highest BCUT2D eigenvalue weighted by atomic mass is 32.2. The predicted molar refractivity (Wildman–Crippen MR) is 95.5 cm³/mol. The van der Waals surface area contributed by atoms with E-state index in [4.69, 9.17) is 4.99 Å². The molecule has 2 aromatic rings. The Morgan fingerprint density at radius 1 is 1.14 bits per heavy atom. The average molecular weight is 311 g/mol. The summed E-state index contributed by atoms with van der Waals surface area (Å²) >= 11 is 1.82. The number of nitrogens with one attached hydrogen (secondary N) is 1. The minimum absolute atomic E-state index is 0.177. The quantitative estimate of drug-likeness (QED) is 0.546. The van der Waals surface area contributed by atoms with Gasteiger partial charge >= 0.3 is 0 Å². The normalized spacial score (nSPS) is 14.1. The van der Waals surface area contributed by atoms with Crippen LogP contribution < -0.4 is 5.32 Å². The van der Waals surface area contributed by atoms with Crippen molar-refractivity contribution >= 4 is 29.5 Å². The van der Waals surface area contributed by atoms with E-state index >= 15 is 0 Å². The van der Waals surface area contributed by atoms with Crippen molar-refractivity contribution in [3.8, 4) is 0 Å². The Balaban J connectivity index is 1.99. The molecule has 0 aliphatic carbocycles. The van der Waals surface area contributed by atoms with Gasteiger partial charge < -0.3 is 10.2 Å². The number of para-hydroxylation sites is 2. The topological polar surface area (TPSA) is 27.6 Å². The second kappa shape index (κ2) is 6.44. The molecule has 0 saturated carbocycles. The Bertz CT molecular complexity index is 694. The zero-order valence-electron chi connectivity index (χ0n) is 13.2. The second-order valence-electron chi connectivity index (χ2n) is 5.60. The molecule has 0 radical (unpaired) electrons. The van der Waals surface area contributed by atoms with Gasteiger partial charge in [-0.3, -0.25) is 4.99 Å². The second-order valence-corrected chi connectivity index (χ2v) is 6.68. The highest BCUT2D eigenvalue weighted by molar-refractivity contribution is 7.99. The molecule has 0 fully saturated rings. The third-order valence-electron chi connectivity index (χ3n) is 3.65. The summed E-state index contributed by atoms with van der Waals surface area (Å²) in [5.41, 5.74) is 3.65. The maximum absolute atomic E-state index is 4.73. The fourth-order valence-corrected chi connectivity index (χ4v) is 3.61. The van der Waals surface area contributed by atoms with Gasteiger partial charge in [-0.25, -0.2) is 0 Å². The van der Waals surface area contributed by atoms with E-state index in [1.807, 2.05) is 37.1 Å². The molecule has 0 bridgehead atoms. The molecule has 4 heteroatoms. The number of aliphatic imine (C=N–C) groups is 1. The largest absolute Gasteiger partial charge is 0.369 e. The van der Waals surface area contributed by atoms with Crippen molar-refractivity contribution in [3.63, 3.8) is 0 Å². The van der Waals surface area contributed by atoms with Gasteiger partial charge in [-0.15, -0.1) is 0 Å². The van der Waals surface area contributed by atoms with Gasteiger partial charge in [0.2, 0.25) is 0 Å². The van der Waals surface area contributed by atoms with E-state index in [1.54, 1.807) is 0 Å². The van der Waals surface area contributed by atoms with Crippen LogP contribution in [0.1, 0.15) is 24.9 Å². The summed E-state index contributed by atoms with van der Waals surface area (Å²) in [6.45, 7) is 2.18. The maximum Gasteiger partial charge on any atom is 0.0852 e. The molecule has 3 nitrogen and oxygen atoms in total. The molecule has 0 aromatic heterocycles. The van der Waals surface area contributed by atoms with E-state index in [0.29, 0.717) is 0 Å². The lowest BCUT2D eigenvalue weighted by molar-refractivity contribution is 0.618. The van der Waals surface area contributed by atoms with E-state index in [1.165, 1.54) is 26.7 Å². The van der Waals surface area contributed by atoms with Crippen molar-refractivity contribution in [3.05, 3.63) is 48.0 Å². The monoisotopic (exact) mass is 311 g/mol. The molecule has 3 rings (SSSR count). The Kier molecular flexibility index (Phi) is 4.39. The number of anilines is 2. The van der Waals surface area contributed by atoms with Gasteiger partial charge in [0.25, 0.3) is 0 Å². The molecule has 0 amide bonds. The molecule has 114 valence electrons. The number of hydrogen-bond acceptors (Lipinski definition) is 3. The van der Waals surface area contributed by atoms with Crippen molar-refractivity contribution in [2.24, 2.45) is 4.99 Å². The number of benzene rings is 2. The molecule has 1 aliphatic rings. The Morgan fingerprint density at radius 2 is 1.91 bits per heavy atom. The van der Waals surface area contributed by atoms with Gasteiger partial charge in [-0.05, 0) is 24.6 Å². The minimum Gasteiger partial charge on any atom is -0.369 e. The van der Waals surface area contributed by atoms with E-state index in [9.17, 15) is 0 Å². The molecule has 22 heavy (non-hydrogen) atoms. The average Bonchev–Trinajstić information content (AvgIpc) is 2.53. The zero-order valence-corrected chi connectivity index (χ0v) is 14.0. The highest BCUT2D eigenvalue weighted by Gasteiger charge is 2.21. The molecule has 0 spiro atoms. The van der Waals surface area contributed by atoms with Gasteiger partial charge in [0.15, 0.2) is 0 Å². The summed E-state index contributed by atoms with van der Waals surface area (Å²) < 4.78 is 0. The molecule has 1 N–H and O–H groups in total. The van der Waals surface area contributed by atoms with Crippen LogP contribution in [0, 0.1) is 0 Å². The van der Waals surface area contributed by atoms with Crippen molar-refractivity contribution < 1.29 is 0 Å². The third-order valence-corrected chi connectivity index (χ3v) is 4.78. The van der Waals surface area contributed by atoms with E-state index in [0.717, 1.165) is 6.42 Å². The summed E-state index contributed by atoms with van der Waals surface area (Å²) in [7, 11) is 4.00. The lowest BCUT2D eigenvalue weighted by atomic mass is 10.0. The molecular weight excluding hydrogens is 290 g/mol. The summed E-state index contributed by atoms with van der Waals surface area (Å²) in [4.78, 5) is 9.26. The summed E-state index contributed by atoms with van der Waals surface area (Å²) in [5, 5.41) is 3.60. The smallest absolute Gasteiger partial charge is 0.0852 e. The number of rotatable bonds is 4. The molecule has 0 saturated heterocycles. The fourth-order valence-electron chi connectivity index (χ4n) is 2.58. The van der Waals surface area contributed by atoms with Gasteiger partial charge in [-0.2, -0.15) is 0 Å². The van der Waals surface area contributed by atoms with Crippen molar-refractivity contribution in [1.29, 1.82) is 0 Å². The Hall–Kier alpha value is -1.94. The Morgan fingerprint density at radius 3 is 2.68 bits per heavy atom. The van der Waals surface area contributed by atoms with Crippen LogP contribution >= 0.6 is 11.8 Å². The number of hydrogen-bond donors (Lipinski definition) is 1. The van der Waals surface area contributed by atoms with Crippen molar-refractivity contribution in [2.45, 2.75) is 29.2 Å². The number of fused-ring (bicyclic) bond motifs is 2. The first-order valence-corrected chi connectivity index (χ1v) is 8.37. The zero-order chi connectivity index (χ0) is 15.5. The minimum atomic E-state index is 0.177. The molecule has 1 atom stereocenters. The molecule has 1 heterocycles. The van der Waals surface area contributed by atoms with Crippen LogP contribution in [0.3, 0.4) is 0 Å². The first-order valence-electron chi connectivity index (χ1n) is 7.55. The standard InChI is InChI=1S/C18H21N3S/c1-4-14(19-12-21(2)3)13-8-7-11-17-18(13)20-15-9-5-6-10-16(15)22-17/h5-12,14,20H,4H2,1-3H3. The summed E-state index contributed by atoms with van der Waals surface area (Å²) in [6.07, 6.45) is 2.88. The number of nitrogens with zero attached hydrogens (tertiary/aromatic N) is 2. The molecule has 2 aromatic carbocycles. The third kappa shape index (κ3) is 2.97. The summed E-state index contributed by atoms with van der Waals surface area (Å²) in [5.74, 6) is 0. The SMILES string of the molecule is CCC(N=CN(C)C)c1cccc2c1Nc1ccccc1S2. The van der Waals surface area contributed by atoms with Gasteiger partial charge in [0.05, 0.1) is 23.8 Å². The van der Waals surface area contributed by atoms with E-state index < -0.39 is 0 Å². The van der Waals surface area contributed by atoms with Crippen molar-refractivity contribution in [2.75, 3.05) is 19.4 Å². The first kappa shape index (κ1) is 15.0. The van der Waals surface area contributed by atoms with Gasteiger partial charge in [-0.1, -0.05) is 43.0 Å². The summed E-state index contributed by atoms with van der Waals surface area (Å²) in [6, 6.07) is 15.1. The van der Waals surface area contributed by atoms with Crippen LogP contribution in [0.2, 0.25) is 0 Å². The van der Waals surface area contributed by atoms with Crippen LogP contribution in [0.25, 0.3) is 0 Å². The first-order chi connectivity index (χ1) is 10.7. The van der Waals surface area contributed by atoms with Crippen LogP contribution in [0.5, 0.6) is 0 Å². The fraction of sp³-hybridized carbons (Fsp3) is 0.278. The van der Waals surface area contributed by atoms with Crippen molar-refractivity contribution in [1.82, 2.24) is 4.90 Å². The van der Waals surface area contributed by atoms with Crippen LogP contribution in [-0.2, 0) is 0 Å². The van der Waals surface area contributed by atoms with Crippen LogP contribution in [0.4, 0.5) is 11.4 Å². The lowest BCUT2D eigenvalue weighted by Gasteiger charge is -2.25. The maximum atomic E-state index is 4.73. The van der Waals surface area contributed by atoms with Crippen LogP contribution in [0.15, 0.2) is 57.2 Å². The van der Waals surface area contributed by atoms with E-state index in [2.05, 4.69) is 54.7 Å². The highest BCUT2D eigenvalue weighted by Crippen LogP contribution is 2.47. The lowest BCUT2D eigenvalue weighted by Crippen LogP contribution is -2.10.